The summed E-state index contributed by atoms with van der Waals surface area (Å²) >= 11 is 0. The minimum atomic E-state index is -0.257. The zero-order valence-electron chi connectivity index (χ0n) is 16.9. The van der Waals surface area contributed by atoms with E-state index < -0.39 is 0 Å². The van der Waals surface area contributed by atoms with Crippen LogP contribution in [0, 0.1) is 5.41 Å². The van der Waals surface area contributed by atoms with Crippen molar-refractivity contribution in [3.63, 3.8) is 0 Å². The van der Waals surface area contributed by atoms with Gasteiger partial charge >= 0.3 is 5.97 Å². The molecule has 0 amide bonds. The SMILES string of the molecule is CCOC(=O)c1ccc2c(c1)CC(C)(C)C(c1cccc(NC(C)C)c1)N2. The van der Waals surface area contributed by atoms with E-state index in [9.17, 15) is 4.79 Å². The Morgan fingerprint density at radius 2 is 2.04 bits per heavy atom. The molecule has 1 aliphatic rings. The number of hydrogen-bond donors (Lipinski definition) is 2. The third-order valence-electron chi connectivity index (χ3n) is 5.02. The second-order valence-corrected chi connectivity index (χ2v) is 8.26. The van der Waals surface area contributed by atoms with Crippen LogP contribution in [0.4, 0.5) is 11.4 Å². The van der Waals surface area contributed by atoms with Gasteiger partial charge in [-0.15, -0.1) is 0 Å². The van der Waals surface area contributed by atoms with E-state index >= 15 is 0 Å². The topological polar surface area (TPSA) is 50.4 Å². The molecule has 0 spiro atoms. The minimum absolute atomic E-state index is 0.0107. The normalized spacial score (nSPS) is 17.8. The van der Waals surface area contributed by atoms with Gasteiger partial charge in [0.1, 0.15) is 0 Å². The van der Waals surface area contributed by atoms with Gasteiger partial charge in [0.05, 0.1) is 18.2 Å². The molecule has 2 aromatic carbocycles. The molecule has 27 heavy (non-hydrogen) atoms. The molecule has 144 valence electrons. The Morgan fingerprint density at radius 1 is 1.26 bits per heavy atom. The Hall–Kier alpha value is -2.49. The first kappa shape index (κ1) is 19.3. The largest absolute Gasteiger partial charge is 0.462 e. The van der Waals surface area contributed by atoms with E-state index in [0.29, 0.717) is 18.2 Å². The van der Waals surface area contributed by atoms with Crippen LogP contribution in [0.5, 0.6) is 0 Å². The number of hydrogen-bond acceptors (Lipinski definition) is 4. The molecule has 1 atom stereocenters. The summed E-state index contributed by atoms with van der Waals surface area (Å²) in [5.41, 5.74) is 5.30. The molecule has 0 saturated carbocycles. The van der Waals surface area contributed by atoms with Gasteiger partial charge in [-0.25, -0.2) is 4.79 Å². The van der Waals surface area contributed by atoms with Crippen LogP contribution in [0.25, 0.3) is 0 Å². The second-order valence-electron chi connectivity index (χ2n) is 8.26. The van der Waals surface area contributed by atoms with Crippen LogP contribution >= 0.6 is 0 Å². The Bertz CT molecular complexity index is 827. The van der Waals surface area contributed by atoms with Gasteiger partial charge in [-0.05, 0) is 74.1 Å². The fourth-order valence-electron chi connectivity index (χ4n) is 3.84. The van der Waals surface area contributed by atoms with Gasteiger partial charge in [-0.2, -0.15) is 0 Å². The maximum Gasteiger partial charge on any atom is 0.338 e. The molecule has 3 rings (SSSR count). The summed E-state index contributed by atoms with van der Waals surface area (Å²) in [4.78, 5) is 12.1. The molecule has 0 aliphatic carbocycles. The van der Waals surface area contributed by atoms with Gasteiger partial charge in [0.15, 0.2) is 0 Å². The van der Waals surface area contributed by atoms with Crippen molar-refractivity contribution >= 4 is 17.3 Å². The van der Waals surface area contributed by atoms with E-state index in [1.165, 1.54) is 11.1 Å². The summed E-state index contributed by atoms with van der Waals surface area (Å²) in [7, 11) is 0. The number of nitrogens with one attached hydrogen (secondary N) is 2. The lowest BCUT2D eigenvalue weighted by atomic mass is 9.72. The van der Waals surface area contributed by atoms with Crippen LogP contribution in [-0.2, 0) is 11.2 Å². The summed E-state index contributed by atoms with van der Waals surface area (Å²) in [5.74, 6) is -0.257. The molecule has 1 heterocycles. The zero-order valence-corrected chi connectivity index (χ0v) is 16.9. The lowest BCUT2D eigenvalue weighted by Crippen LogP contribution is -2.35. The quantitative estimate of drug-likeness (QED) is 0.694. The lowest BCUT2D eigenvalue weighted by molar-refractivity contribution is 0.0526. The van der Waals surface area contributed by atoms with Crippen molar-refractivity contribution < 1.29 is 9.53 Å². The summed E-state index contributed by atoms with van der Waals surface area (Å²) in [6.45, 7) is 11.1. The number of fused-ring (bicyclic) bond motifs is 1. The molecule has 1 unspecified atom stereocenters. The van der Waals surface area contributed by atoms with Crippen LogP contribution in [0.1, 0.15) is 62.1 Å². The molecule has 4 nitrogen and oxygen atoms in total. The van der Waals surface area contributed by atoms with Gasteiger partial charge in [0, 0.05) is 17.4 Å². The number of esters is 1. The molecule has 0 fully saturated rings. The Labute approximate surface area is 162 Å². The van der Waals surface area contributed by atoms with E-state index in [1.54, 1.807) is 0 Å². The molecule has 2 aromatic rings. The molecule has 2 N–H and O–H groups in total. The van der Waals surface area contributed by atoms with Crippen molar-refractivity contribution in [2.24, 2.45) is 5.41 Å². The highest BCUT2D eigenvalue weighted by Gasteiger charge is 2.36. The van der Waals surface area contributed by atoms with Crippen molar-refractivity contribution in [2.45, 2.75) is 53.1 Å². The van der Waals surface area contributed by atoms with E-state index in [1.807, 2.05) is 25.1 Å². The average molecular weight is 367 g/mol. The second kappa shape index (κ2) is 7.63. The van der Waals surface area contributed by atoms with Crippen molar-refractivity contribution in [2.75, 3.05) is 17.2 Å². The van der Waals surface area contributed by atoms with E-state index in [-0.39, 0.29) is 17.4 Å². The van der Waals surface area contributed by atoms with E-state index in [0.717, 1.165) is 17.8 Å². The van der Waals surface area contributed by atoms with Crippen molar-refractivity contribution in [1.82, 2.24) is 0 Å². The molecule has 0 aromatic heterocycles. The fourth-order valence-corrected chi connectivity index (χ4v) is 3.84. The fraction of sp³-hybridized carbons (Fsp3) is 0.435. The monoisotopic (exact) mass is 366 g/mol. The van der Waals surface area contributed by atoms with Crippen molar-refractivity contribution in [3.05, 3.63) is 59.2 Å². The van der Waals surface area contributed by atoms with Gasteiger partial charge < -0.3 is 15.4 Å². The molecule has 0 saturated heterocycles. The maximum atomic E-state index is 12.1. The highest BCUT2D eigenvalue weighted by Crippen LogP contribution is 2.45. The summed E-state index contributed by atoms with van der Waals surface area (Å²) < 4.78 is 5.14. The Kier molecular flexibility index (Phi) is 5.45. The number of carbonyl (C=O) groups is 1. The molecule has 0 radical (unpaired) electrons. The van der Waals surface area contributed by atoms with Gasteiger partial charge in [-0.3, -0.25) is 0 Å². The predicted molar refractivity (Wildman–Crippen MR) is 111 cm³/mol. The molecular formula is C23H30N2O2. The predicted octanol–water partition coefficient (Wildman–Crippen LogP) is 5.42. The van der Waals surface area contributed by atoms with Gasteiger partial charge in [0.2, 0.25) is 0 Å². The first-order chi connectivity index (χ1) is 12.8. The van der Waals surface area contributed by atoms with Crippen LogP contribution in [0.2, 0.25) is 0 Å². The highest BCUT2D eigenvalue weighted by molar-refractivity contribution is 5.90. The standard InChI is InChI=1S/C23H30N2O2/c1-6-27-22(26)17-10-11-20-18(12-17)14-23(4,5)21(25-20)16-8-7-9-19(13-16)24-15(2)3/h7-13,15,21,24-25H,6,14H2,1-5H3. The molecule has 4 heteroatoms. The zero-order chi connectivity index (χ0) is 19.6. The van der Waals surface area contributed by atoms with E-state index in [2.05, 4.69) is 62.6 Å². The molecule has 1 aliphatic heterocycles. The molecule has 0 bridgehead atoms. The summed E-state index contributed by atoms with van der Waals surface area (Å²) in [6, 6.07) is 15.0. The average Bonchev–Trinajstić information content (AvgIpc) is 2.59. The van der Waals surface area contributed by atoms with Crippen LogP contribution in [-0.4, -0.2) is 18.6 Å². The highest BCUT2D eigenvalue weighted by atomic mass is 16.5. The van der Waals surface area contributed by atoms with Crippen molar-refractivity contribution in [3.8, 4) is 0 Å². The third kappa shape index (κ3) is 4.26. The third-order valence-corrected chi connectivity index (χ3v) is 5.02. The van der Waals surface area contributed by atoms with Crippen molar-refractivity contribution in [1.29, 1.82) is 0 Å². The smallest absolute Gasteiger partial charge is 0.338 e. The number of carbonyl (C=O) groups excluding carboxylic acids is 1. The number of benzene rings is 2. The lowest BCUT2D eigenvalue weighted by Gasteiger charge is -2.41. The van der Waals surface area contributed by atoms with E-state index in [4.69, 9.17) is 4.74 Å². The number of rotatable bonds is 5. The van der Waals surface area contributed by atoms with Gasteiger partial charge in [0.25, 0.3) is 0 Å². The van der Waals surface area contributed by atoms with Crippen LogP contribution in [0.3, 0.4) is 0 Å². The minimum Gasteiger partial charge on any atom is -0.462 e. The summed E-state index contributed by atoms with van der Waals surface area (Å²) in [6.07, 6.45) is 0.898. The Morgan fingerprint density at radius 3 is 2.74 bits per heavy atom. The van der Waals surface area contributed by atoms with Gasteiger partial charge in [-0.1, -0.05) is 26.0 Å². The Balaban J connectivity index is 1.90. The van der Waals surface area contributed by atoms with Crippen LogP contribution < -0.4 is 10.6 Å². The van der Waals surface area contributed by atoms with Crippen LogP contribution in [0.15, 0.2) is 42.5 Å². The summed E-state index contributed by atoms with van der Waals surface area (Å²) in [5, 5.41) is 7.19. The first-order valence-electron chi connectivity index (χ1n) is 9.73. The number of anilines is 2. The first-order valence-corrected chi connectivity index (χ1v) is 9.73. The maximum absolute atomic E-state index is 12.1. The number of ether oxygens (including phenoxy) is 1. The molecular weight excluding hydrogens is 336 g/mol.